The van der Waals surface area contributed by atoms with Gasteiger partial charge in [-0.05, 0) is 30.4 Å². The van der Waals surface area contributed by atoms with Crippen molar-refractivity contribution in [2.24, 2.45) is 0 Å². The van der Waals surface area contributed by atoms with E-state index in [4.69, 9.17) is 0 Å². The molecule has 3 heterocycles. The third-order valence-corrected chi connectivity index (χ3v) is 3.92. The molecule has 0 saturated heterocycles. The lowest BCUT2D eigenvalue weighted by Gasteiger charge is -2.06. The van der Waals surface area contributed by atoms with Crippen molar-refractivity contribution in [3.8, 4) is 0 Å². The zero-order valence-corrected chi connectivity index (χ0v) is 11.0. The average Bonchev–Trinajstić information content (AvgIpc) is 2.94. The van der Waals surface area contributed by atoms with Gasteiger partial charge in [-0.1, -0.05) is 0 Å². The van der Waals surface area contributed by atoms with E-state index >= 15 is 0 Å². The first-order chi connectivity index (χ1) is 8.75. The summed E-state index contributed by atoms with van der Waals surface area (Å²) >= 11 is 1.64. The summed E-state index contributed by atoms with van der Waals surface area (Å²) in [4.78, 5) is 9.61. The molecule has 0 aliphatic carbocycles. The van der Waals surface area contributed by atoms with Gasteiger partial charge in [-0.2, -0.15) is 5.10 Å². The van der Waals surface area contributed by atoms with Gasteiger partial charge >= 0.3 is 0 Å². The summed E-state index contributed by atoms with van der Waals surface area (Å²) in [5.41, 5.74) is 3.43. The number of hydrogen-bond donors (Lipinski definition) is 2. The number of H-pyrrole nitrogens is 1. The highest BCUT2D eigenvalue weighted by atomic mass is 32.1. The van der Waals surface area contributed by atoms with E-state index in [0.717, 1.165) is 27.3 Å². The molecule has 6 heteroatoms. The normalized spacial score (nSPS) is 11.0. The molecule has 0 saturated carbocycles. The Morgan fingerprint density at radius 3 is 2.94 bits per heavy atom. The number of hydrogen-bond acceptors (Lipinski definition) is 5. The van der Waals surface area contributed by atoms with Crippen molar-refractivity contribution in [3.05, 3.63) is 34.7 Å². The van der Waals surface area contributed by atoms with E-state index < -0.39 is 0 Å². The van der Waals surface area contributed by atoms with Crippen LogP contribution in [0.3, 0.4) is 0 Å². The van der Waals surface area contributed by atoms with E-state index in [1.165, 1.54) is 5.56 Å². The van der Waals surface area contributed by atoms with Crippen molar-refractivity contribution in [2.45, 2.75) is 20.4 Å². The van der Waals surface area contributed by atoms with Crippen LogP contribution in [0.15, 0.2) is 17.9 Å². The predicted octanol–water partition coefficient (Wildman–Crippen LogP) is 2.64. The Bertz CT molecular complexity index is 685. The Labute approximate surface area is 108 Å². The zero-order chi connectivity index (χ0) is 12.5. The lowest BCUT2D eigenvalue weighted by molar-refractivity contribution is 0.969. The van der Waals surface area contributed by atoms with Gasteiger partial charge in [0.2, 0.25) is 0 Å². The van der Waals surface area contributed by atoms with E-state index in [0.29, 0.717) is 6.54 Å². The molecule has 3 aromatic heterocycles. The van der Waals surface area contributed by atoms with Crippen LogP contribution in [0.4, 0.5) is 5.82 Å². The van der Waals surface area contributed by atoms with E-state index in [1.807, 2.05) is 13.1 Å². The zero-order valence-electron chi connectivity index (χ0n) is 10.2. The fourth-order valence-corrected chi connectivity index (χ4v) is 2.77. The van der Waals surface area contributed by atoms with Crippen molar-refractivity contribution < 1.29 is 0 Å². The summed E-state index contributed by atoms with van der Waals surface area (Å²) in [5.74, 6) is 0.882. The number of aromatic amines is 1. The van der Waals surface area contributed by atoms with Gasteiger partial charge in [0, 0.05) is 0 Å². The highest BCUT2D eigenvalue weighted by Gasteiger charge is 2.09. The lowest BCUT2D eigenvalue weighted by atomic mass is 10.2. The topological polar surface area (TPSA) is 66.5 Å². The summed E-state index contributed by atoms with van der Waals surface area (Å²) in [6.45, 7) is 4.80. The average molecular weight is 259 g/mol. The first-order valence-electron chi connectivity index (χ1n) is 5.67. The van der Waals surface area contributed by atoms with Crippen LogP contribution in [0.25, 0.3) is 10.2 Å². The van der Waals surface area contributed by atoms with Crippen LogP contribution in [0.5, 0.6) is 0 Å². The van der Waals surface area contributed by atoms with Crippen molar-refractivity contribution in [1.29, 1.82) is 0 Å². The van der Waals surface area contributed by atoms with E-state index in [2.05, 4.69) is 37.8 Å². The third kappa shape index (κ3) is 1.84. The van der Waals surface area contributed by atoms with Crippen LogP contribution in [-0.4, -0.2) is 20.2 Å². The fraction of sp³-hybridized carbons (Fsp3) is 0.250. The van der Waals surface area contributed by atoms with Crippen LogP contribution in [0.2, 0.25) is 0 Å². The molecule has 0 bridgehead atoms. The Kier molecular flexibility index (Phi) is 2.71. The molecule has 18 heavy (non-hydrogen) atoms. The Morgan fingerprint density at radius 2 is 2.17 bits per heavy atom. The van der Waals surface area contributed by atoms with Crippen molar-refractivity contribution >= 4 is 27.4 Å². The summed E-state index contributed by atoms with van der Waals surface area (Å²) in [6, 6.07) is 0. The molecular formula is C12H13N5S. The van der Waals surface area contributed by atoms with E-state index in [1.54, 1.807) is 17.7 Å². The Morgan fingerprint density at radius 1 is 1.28 bits per heavy atom. The van der Waals surface area contributed by atoms with Crippen LogP contribution in [0, 0.1) is 13.8 Å². The van der Waals surface area contributed by atoms with Crippen LogP contribution < -0.4 is 5.32 Å². The summed E-state index contributed by atoms with van der Waals surface area (Å²) in [7, 11) is 0. The van der Waals surface area contributed by atoms with E-state index in [-0.39, 0.29) is 0 Å². The maximum atomic E-state index is 4.32. The molecule has 0 fully saturated rings. The van der Waals surface area contributed by atoms with Gasteiger partial charge in [-0.3, -0.25) is 5.10 Å². The molecular weight excluding hydrogens is 246 g/mol. The van der Waals surface area contributed by atoms with Gasteiger partial charge in [0.1, 0.15) is 17.0 Å². The molecule has 0 aliphatic rings. The molecule has 0 aliphatic heterocycles. The summed E-state index contributed by atoms with van der Waals surface area (Å²) < 4.78 is 0. The van der Waals surface area contributed by atoms with Gasteiger partial charge in [0.05, 0.1) is 23.8 Å². The number of nitrogens with one attached hydrogen (secondary N) is 2. The number of rotatable bonds is 3. The number of nitrogens with zero attached hydrogens (tertiary/aromatic N) is 3. The molecule has 92 valence electrons. The molecule has 3 aromatic rings. The molecule has 2 N–H and O–H groups in total. The molecule has 3 rings (SSSR count). The highest BCUT2D eigenvalue weighted by molar-refractivity contribution is 7.17. The number of fused-ring (bicyclic) bond motifs is 1. The molecule has 0 unspecified atom stereocenters. The van der Waals surface area contributed by atoms with Gasteiger partial charge < -0.3 is 5.32 Å². The van der Waals surface area contributed by atoms with Gasteiger partial charge in [0.15, 0.2) is 0 Å². The highest BCUT2D eigenvalue weighted by Crippen LogP contribution is 2.28. The van der Waals surface area contributed by atoms with Crippen LogP contribution in [-0.2, 0) is 6.54 Å². The third-order valence-electron chi connectivity index (χ3n) is 2.92. The first kappa shape index (κ1) is 11.2. The monoisotopic (exact) mass is 259 g/mol. The number of aryl methyl sites for hydroxylation is 2. The minimum absolute atomic E-state index is 0.688. The van der Waals surface area contributed by atoms with Crippen LogP contribution in [0.1, 0.15) is 16.8 Å². The maximum Gasteiger partial charge on any atom is 0.138 e. The minimum Gasteiger partial charge on any atom is -0.364 e. The molecule has 0 radical (unpaired) electrons. The summed E-state index contributed by atoms with van der Waals surface area (Å²) in [6.07, 6.45) is 3.42. The second kappa shape index (κ2) is 4.38. The first-order valence-corrected chi connectivity index (χ1v) is 6.55. The predicted molar refractivity (Wildman–Crippen MR) is 72.8 cm³/mol. The minimum atomic E-state index is 0.688. The van der Waals surface area contributed by atoms with Crippen LogP contribution >= 0.6 is 11.3 Å². The number of thiophene rings is 1. The second-order valence-electron chi connectivity index (χ2n) is 4.21. The molecule has 0 atom stereocenters. The number of aromatic nitrogens is 4. The summed E-state index contributed by atoms with van der Waals surface area (Å²) in [5, 5.41) is 13.5. The van der Waals surface area contributed by atoms with Gasteiger partial charge in [0.25, 0.3) is 0 Å². The van der Waals surface area contributed by atoms with Crippen molar-refractivity contribution in [3.63, 3.8) is 0 Å². The Balaban J connectivity index is 1.91. The molecule has 0 spiro atoms. The van der Waals surface area contributed by atoms with Crippen molar-refractivity contribution in [1.82, 2.24) is 20.2 Å². The van der Waals surface area contributed by atoms with Crippen molar-refractivity contribution in [2.75, 3.05) is 5.32 Å². The van der Waals surface area contributed by atoms with E-state index in [9.17, 15) is 0 Å². The fourth-order valence-electron chi connectivity index (χ4n) is 1.88. The van der Waals surface area contributed by atoms with Gasteiger partial charge in [-0.25, -0.2) is 9.97 Å². The quantitative estimate of drug-likeness (QED) is 0.759. The van der Waals surface area contributed by atoms with Gasteiger partial charge in [-0.15, -0.1) is 11.3 Å². The maximum absolute atomic E-state index is 4.32. The lowest BCUT2D eigenvalue weighted by Crippen LogP contribution is -2.03. The standard InChI is InChI=1S/C12H13N5S/c1-7-3-16-17-9(7)4-13-11-10-8(2)5-18-12(10)15-6-14-11/h3,5-6H,4H2,1-2H3,(H,16,17)(H,13,14,15). The molecule has 5 nitrogen and oxygen atoms in total. The SMILES string of the molecule is Cc1cn[nH]c1CNc1ncnc2scc(C)c12. The Hall–Kier alpha value is -1.95. The largest absolute Gasteiger partial charge is 0.364 e. The molecule has 0 aromatic carbocycles. The molecule has 0 amide bonds. The second-order valence-corrected chi connectivity index (χ2v) is 5.06. The number of anilines is 1. The smallest absolute Gasteiger partial charge is 0.138 e.